The van der Waals surface area contributed by atoms with Crippen molar-refractivity contribution in [2.75, 3.05) is 23.8 Å². The summed E-state index contributed by atoms with van der Waals surface area (Å²) in [4.78, 5) is 36.7. The minimum atomic E-state index is -0.968. The number of benzene rings is 3. The van der Waals surface area contributed by atoms with Gasteiger partial charge in [-0.25, -0.2) is 5.43 Å². The minimum absolute atomic E-state index is 0.258. The van der Waals surface area contributed by atoms with Gasteiger partial charge >= 0.3 is 11.8 Å². The van der Waals surface area contributed by atoms with E-state index in [4.69, 9.17) is 21.1 Å². The molecule has 3 rings (SSSR count). The van der Waals surface area contributed by atoms with Crippen molar-refractivity contribution in [3.05, 3.63) is 82.4 Å². The number of amides is 3. The van der Waals surface area contributed by atoms with E-state index in [1.165, 1.54) is 6.21 Å². The molecule has 0 fully saturated rings. The van der Waals surface area contributed by atoms with Crippen molar-refractivity contribution >= 4 is 46.9 Å². The molecule has 0 atom stereocenters. The van der Waals surface area contributed by atoms with E-state index in [0.717, 1.165) is 17.5 Å². The maximum absolute atomic E-state index is 12.3. The van der Waals surface area contributed by atoms with Crippen LogP contribution in [-0.4, -0.2) is 37.1 Å². The number of halogens is 1. The van der Waals surface area contributed by atoms with Gasteiger partial charge in [0.2, 0.25) is 0 Å². The molecule has 198 valence electrons. The molecule has 0 aliphatic heterocycles. The summed E-state index contributed by atoms with van der Waals surface area (Å²) < 4.78 is 11.1. The maximum Gasteiger partial charge on any atom is 0.329 e. The zero-order chi connectivity index (χ0) is 27.5. The van der Waals surface area contributed by atoms with Crippen molar-refractivity contribution in [1.82, 2.24) is 5.43 Å². The standard InChI is InChI=1S/C28H29ClN4O5/c1-4-13-37-24-10-8-22(9-11-24)32-27(35)28(36)33-30-16-20-15-21(29)6-12-25(20)38-17-26(34)31-23-7-5-18(2)19(3)14-23/h5-12,14-16H,4,13,17H2,1-3H3,(H,31,34)(H,32,35)(H,33,36)/b30-16-. The zero-order valence-corrected chi connectivity index (χ0v) is 22.1. The van der Waals surface area contributed by atoms with Crippen LogP contribution in [0.4, 0.5) is 11.4 Å². The van der Waals surface area contributed by atoms with Crippen molar-refractivity contribution in [3.63, 3.8) is 0 Å². The largest absolute Gasteiger partial charge is 0.494 e. The summed E-state index contributed by atoms with van der Waals surface area (Å²) in [5.41, 5.74) is 5.85. The Morgan fingerprint density at radius 1 is 0.868 bits per heavy atom. The molecule has 0 radical (unpaired) electrons. The summed E-state index contributed by atoms with van der Waals surface area (Å²) >= 11 is 6.08. The second-order valence-electron chi connectivity index (χ2n) is 8.34. The topological polar surface area (TPSA) is 118 Å². The van der Waals surface area contributed by atoms with Gasteiger partial charge in [0.25, 0.3) is 5.91 Å². The van der Waals surface area contributed by atoms with E-state index in [1.54, 1.807) is 42.5 Å². The van der Waals surface area contributed by atoms with Gasteiger partial charge in [-0.2, -0.15) is 5.10 Å². The molecule has 38 heavy (non-hydrogen) atoms. The minimum Gasteiger partial charge on any atom is -0.494 e. The fraction of sp³-hybridized carbons (Fsp3) is 0.214. The van der Waals surface area contributed by atoms with Crippen LogP contribution in [0.5, 0.6) is 11.5 Å². The molecule has 9 nitrogen and oxygen atoms in total. The van der Waals surface area contributed by atoms with Crippen molar-refractivity contribution < 1.29 is 23.9 Å². The lowest BCUT2D eigenvalue weighted by Gasteiger charge is -2.11. The maximum atomic E-state index is 12.3. The molecule has 3 aromatic rings. The molecule has 0 aromatic heterocycles. The highest BCUT2D eigenvalue weighted by Gasteiger charge is 2.13. The number of aryl methyl sites for hydroxylation is 2. The lowest BCUT2D eigenvalue weighted by molar-refractivity contribution is -0.136. The fourth-order valence-electron chi connectivity index (χ4n) is 3.16. The van der Waals surface area contributed by atoms with Crippen LogP contribution in [0.15, 0.2) is 65.8 Å². The summed E-state index contributed by atoms with van der Waals surface area (Å²) in [5, 5.41) is 9.48. The monoisotopic (exact) mass is 536 g/mol. The van der Waals surface area contributed by atoms with E-state index >= 15 is 0 Å². The SMILES string of the molecule is CCCOc1ccc(NC(=O)C(=O)N/N=C\c2cc(Cl)ccc2OCC(=O)Nc2ccc(C)c(C)c2)cc1. The highest BCUT2D eigenvalue weighted by Crippen LogP contribution is 2.22. The quantitative estimate of drug-likeness (QED) is 0.194. The molecular weight excluding hydrogens is 508 g/mol. The molecule has 3 N–H and O–H groups in total. The van der Waals surface area contributed by atoms with Gasteiger partial charge in [-0.3, -0.25) is 14.4 Å². The normalized spacial score (nSPS) is 10.6. The number of hydrazone groups is 1. The van der Waals surface area contributed by atoms with Crippen LogP contribution in [0.25, 0.3) is 0 Å². The zero-order valence-electron chi connectivity index (χ0n) is 21.3. The highest BCUT2D eigenvalue weighted by molar-refractivity contribution is 6.39. The number of hydrogen-bond acceptors (Lipinski definition) is 6. The van der Waals surface area contributed by atoms with Crippen LogP contribution in [0, 0.1) is 13.8 Å². The molecule has 0 aliphatic rings. The number of hydrogen-bond donors (Lipinski definition) is 3. The van der Waals surface area contributed by atoms with Gasteiger partial charge in [-0.15, -0.1) is 0 Å². The van der Waals surface area contributed by atoms with E-state index in [2.05, 4.69) is 21.2 Å². The first-order valence-corrected chi connectivity index (χ1v) is 12.3. The third-order valence-corrected chi connectivity index (χ3v) is 5.52. The number of rotatable bonds is 10. The molecule has 0 saturated heterocycles. The average Bonchev–Trinajstić information content (AvgIpc) is 2.89. The Balaban J connectivity index is 1.54. The summed E-state index contributed by atoms with van der Waals surface area (Å²) in [6.45, 7) is 6.29. The van der Waals surface area contributed by atoms with E-state index < -0.39 is 11.8 Å². The number of ether oxygens (including phenoxy) is 2. The van der Waals surface area contributed by atoms with Gasteiger partial charge in [0.1, 0.15) is 11.5 Å². The summed E-state index contributed by atoms with van der Waals surface area (Å²) in [7, 11) is 0. The number of nitrogens with zero attached hydrogens (tertiary/aromatic N) is 1. The van der Waals surface area contributed by atoms with Crippen LogP contribution in [0.1, 0.15) is 30.0 Å². The number of carbonyl (C=O) groups is 3. The van der Waals surface area contributed by atoms with E-state index in [0.29, 0.717) is 40.1 Å². The molecule has 0 unspecified atom stereocenters. The number of anilines is 2. The van der Waals surface area contributed by atoms with Gasteiger partial charge in [0, 0.05) is 22.0 Å². The highest BCUT2D eigenvalue weighted by atomic mass is 35.5. The van der Waals surface area contributed by atoms with Crippen molar-refractivity contribution in [2.24, 2.45) is 5.10 Å². The van der Waals surface area contributed by atoms with Crippen LogP contribution in [0.3, 0.4) is 0 Å². The first kappa shape index (κ1) is 28.2. The summed E-state index contributed by atoms with van der Waals surface area (Å²) in [6, 6.07) is 17.0. The van der Waals surface area contributed by atoms with Crippen LogP contribution in [0.2, 0.25) is 5.02 Å². The molecule has 0 bridgehead atoms. The third kappa shape index (κ3) is 8.63. The lowest BCUT2D eigenvalue weighted by atomic mass is 10.1. The van der Waals surface area contributed by atoms with Crippen molar-refractivity contribution in [3.8, 4) is 11.5 Å². The van der Waals surface area contributed by atoms with Gasteiger partial charge in [-0.1, -0.05) is 24.6 Å². The first-order chi connectivity index (χ1) is 18.2. The lowest BCUT2D eigenvalue weighted by Crippen LogP contribution is -2.32. The van der Waals surface area contributed by atoms with E-state index in [9.17, 15) is 14.4 Å². The first-order valence-electron chi connectivity index (χ1n) is 11.9. The fourth-order valence-corrected chi connectivity index (χ4v) is 3.35. The number of nitrogens with one attached hydrogen (secondary N) is 3. The molecule has 0 heterocycles. The van der Waals surface area contributed by atoms with Crippen molar-refractivity contribution in [2.45, 2.75) is 27.2 Å². The van der Waals surface area contributed by atoms with Crippen molar-refractivity contribution in [1.29, 1.82) is 0 Å². The Hall–Kier alpha value is -4.37. The number of carbonyl (C=O) groups excluding carboxylic acids is 3. The Morgan fingerprint density at radius 2 is 1.61 bits per heavy atom. The Bertz CT molecular complexity index is 1330. The predicted molar refractivity (Wildman–Crippen MR) is 148 cm³/mol. The Morgan fingerprint density at radius 3 is 2.32 bits per heavy atom. The Kier molecular flexibility index (Phi) is 10.2. The smallest absolute Gasteiger partial charge is 0.329 e. The third-order valence-electron chi connectivity index (χ3n) is 5.28. The molecule has 0 saturated carbocycles. The van der Waals surface area contributed by atoms with E-state index in [1.807, 2.05) is 39.0 Å². The van der Waals surface area contributed by atoms with Crippen LogP contribution in [-0.2, 0) is 14.4 Å². The second-order valence-corrected chi connectivity index (χ2v) is 8.78. The average molecular weight is 537 g/mol. The van der Waals surface area contributed by atoms with Crippen LogP contribution >= 0.6 is 11.6 Å². The summed E-state index contributed by atoms with van der Waals surface area (Å²) in [5.74, 6) is -1.22. The van der Waals surface area contributed by atoms with E-state index in [-0.39, 0.29) is 12.5 Å². The Labute approximate surface area is 226 Å². The molecule has 0 aliphatic carbocycles. The second kappa shape index (κ2) is 13.8. The van der Waals surface area contributed by atoms with Gasteiger partial charge < -0.3 is 20.1 Å². The predicted octanol–water partition coefficient (Wildman–Crippen LogP) is 4.85. The molecular formula is C28H29ClN4O5. The molecule has 3 aromatic carbocycles. The van der Waals surface area contributed by atoms with Gasteiger partial charge in [0.15, 0.2) is 6.61 Å². The van der Waals surface area contributed by atoms with Crippen LogP contribution < -0.4 is 25.5 Å². The molecule has 3 amide bonds. The summed E-state index contributed by atoms with van der Waals surface area (Å²) in [6.07, 6.45) is 2.15. The molecule has 0 spiro atoms. The van der Waals surface area contributed by atoms with Gasteiger partial charge in [0.05, 0.1) is 12.8 Å². The van der Waals surface area contributed by atoms with Gasteiger partial charge in [-0.05, 0) is 86.0 Å². The molecule has 10 heteroatoms.